The van der Waals surface area contributed by atoms with Crippen LogP contribution in [0.4, 0.5) is 4.39 Å². The summed E-state index contributed by atoms with van der Waals surface area (Å²) in [6, 6.07) is 6.29. The van der Waals surface area contributed by atoms with Crippen molar-refractivity contribution in [1.29, 1.82) is 0 Å². The van der Waals surface area contributed by atoms with Crippen LogP contribution >= 0.6 is 0 Å². The second-order valence-corrected chi connectivity index (χ2v) is 7.65. The molecule has 1 heterocycles. The Morgan fingerprint density at radius 2 is 1.96 bits per heavy atom. The zero-order chi connectivity index (χ0) is 18.8. The zero-order valence-corrected chi connectivity index (χ0v) is 15.2. The van der Waals surface area contributed by atoms with Gasteiger partial charge in [0.25, 0.3) is 0 Å². The summed E-state index contributed by atoms with van der Waals surface area (Å²) in [6.07, 6.45) is 4.30. The molecule has 5 nitrogen and oxygen atoms in total. The number of carbonyl (C=O) groups excluding carboxylic acids is 1. The first-order chi connectivity index (χ1) is 12.4. The molecule has 1 atom stereocenters. The minimum atomic E-state index is -1.07. The fourth-order valence-corrected chi connectivity index (χ4v) is 4.63. The maximum absolute atomic E-state index is 13.8. The number of halogens is 1. The van der Waals surface area contributed by atoms with Gasteiger partial charge >= 0.3 is 5.97 Å². The van der Waals surface area contributed by atoms with Gasteiger partial charge in [-0.3, -0.25) is 9.59 Å². The minimum absolute atomic E-state index is 0.0676. The van der Waals surface area contributed by atoms with Crippen LogP contribution < -0.4 is 0 Å². The van der Waals surface area contributed by atoms with Crippen molar-refractivity contribution in [2.75, 3.05) is 26.8 Å². The van der Waals surface area contributed by atoms with Crippen molar-refractivity contribution >= 4 is 11.9 Å². The van der Waals surface area contributed by atoms with E-state index >= 15 is 0 Å². The van der Waals surface area contributed by atoms with Gasteiger partial charge in [0.1, 0.15) is 11.2 Å². The SMILES string of the molecule is COCC1(C(=O)O)CCCN(C(=O)C2(c3cccc(F)c3)CCCC2)C1. The second-order valence-electron chi connectivity index (χ2n) is 7.65. The summed E-state index contributed by atoms with van der Waals surface area (Å²) in [5.41, 5.74) is -1.10. The van der Waals surface area contributed by atoms with Crippen LogP contribution in [0.25, 0.3) is 0 Å². The van der Waals surface area contributed by atoms with E-state index in [-0.39, 0.29) is 24.9 Å². The van der Waals surface area contributed by atoms with E-state index in [9.17, 15) is 19.1 Å². The first-order valence-corrected chi connectivity index (χ1v) is 9.21. The molecule has 2 aliphatic rings. The predicted octanol–water partition coefficient (Wildman–Crippen LogP) is 2.98. The summed E-state index contributed by atoms with van der Waals surface area (Å²) >= 11 is 0. The van der Waals surface area contributed by atoms with Crippen LogP contribution in [0.3, 0.4) is 0 Å². The Kier molecular flexibility index (Phi) is 5.32. The summed E-state index contributed by atoms with van der Waals surface area (Å²) in [4.78, 5) is 27.1. The molecule has 1 unspecified atom stereocenters. The van der Waals surface area contributed by atoms with Gasteiger partial charge in [0, 0.05) is 20.2 Å². The number of carboxylic acid groups (broad SMARTS) is 1. The van der Waals surface area contributed by atoms with E-state index in [0.717, 1.165) is 12.8 Å². The molecule has 1 saturated carbocycles. The number of carboxylic acids is 1. The molecular formula is C20H26FNO4. The molecular weight excluding hydrogens is 337 g/mol. The second kappa shape index (κ2) is 7.35. The number of nitrogens with zero attached hydrogens (tertiary/aromatic N) is 1. The average Bonchev–Trinajstić information content (AvgIpc) is 3.12. The predicted molar refractivity (Wildman–Crippen MR) is 94.3 cm³/mol. The normalized spacial score (nSPS) is 25.2. The zero-order valence-electron chi connectivity index (χ0n) is 15.2. The number of likely N-dealkylation sites (tertiary alicyclic amines) is 1. The Bertz CT molecular complexity index is 682. The summed E-state index contributed by atoms with van der Waals surface area (Å²) in [5, 5.41) is 9.73. The summed E-state index contributed by atoms with van der Waals surface area (Å²) in [5.74, 6) is -1.34. The number of ether oxygens (including phenoxy) is 1. The lowest BCUT2D eigenvalue weighted by molar-refractivity contribution is -0.160. The topological polar surface area (TPSA) is 66.8 Å². The third-order valence-corrected chi connectivity index (χ3v) is 5.98. The number of methoxy groups -OCH3 is 1. The Morgan fingerprint density at radius 1 is 1.23 bits per heavy atom. The molecule has 1 amide bonds. The molecule has 2 fully saturated rings. The monoisotopic (exact) mass is 363 g/mol. The van der Waals surface area contributed by atoms with Gasteiger partial charge in [-0.25, -0.2) is 4.39 Å². The fourth-order valence-electron chi connectivity index (χ4n) is 4.63. The Labute approximate surface area is 153 Å². The Hall–Kier alpha value is -1.95. The highest BCUT2D eigenvalue weighted by atomic mass is 19.1. The van der Waals surface area contributed by atoms with Crippen molar-refractivity contribution in [2.24, 2.45) is 5.41 Å². The van der Waals surface area contributed by atoms with Crippen LogP contribution in [0.2, 0.25) is 0 Å². The number of hydrogen-bond acceptors (Lipinski definition) is 3. The third kappa shape index (κ3) is 3.22. The van der Waals surface area contributed by atoms with E-state index in [0.29, 0.717) is 37.8 Å². The first kappa shape index (κ1) is 18.8. The summed E-state index contributed by atoms with van der Waals surface area (Å²) < 4.78 is 19.0. The van der Waals surface area contributed by atoms with Gasteiger partial charge in [0.15, 0.2) is 0 Å². The molecule has 1 aromatic rings. The molecule has 3 rings (SSSR count). The van der Waals surface area contributed by atoms with Crippen molar-refractivity contribution in [3.8, 4) is 0 Å². The molecule has 1 N–H and O–H groups in total. The molecule has 1 aliphatic heterocycles. The fraction of sp³-hybridized carbons (Fsp3) is 0.600. The Balaban J connectivity index is 1.91. The molecule has 0 radical (unpaired) electrons. The Morgan fingerprint density at radius 3 is 2.58 bits per heavy atom. The van der Waals surface area contributed by atoms with Crippen LogP contribution in [0.15, 0.2) is 24.3 Å². The molecule has 1 aromatic carbocycles. The minimum Gasteiger partial charge on any atom is -0.481 e. The third-order valence-electron chi connectivity index (χ3n) is 5.98. The van der Waals surface area contributed by atoms with Gasteiger partial charge in [0.05, 0.1) is 12.0 Å². The molecule has 1 saturated heterocycles. The van der Waals surface area contributed by atoms with Gasteiger partial charge in [-0.15, -0.1) is 0 Å². The van der Waals surface area contributed by atoms with Gasteiger partial charge < -0.3 is 14.7 Å². The lowest BCUT2D eigenvalue weighted by Crippen LogP contribution is -2.56. The summed E-state index contributed by atoms with van der Waals surface area (Å²) in [7, 11) is 1.48. The van der Waals surface area contributed by atoms with Crippen molar-refractivity contribution in [3.63, 3.8) is 0 Å². The van der Waals surface area contributed by atoms with Crippen LogP contribution in [0.1, 0.15) is 44.1 Å². The molecule has 0 aromatic heterocycles. The maximum Gasteiger partial charge on any atom is 0.313 e. The average molecular weight is 363 g/mol. The van der Waals surface area contributed by atoms with Crippen molar-refractivity contribution in [1.82, 2.24) is 4.90 Å². The molecule has 0 spiro atoms. The highest BCUT2D eigenvalue weighted by Gasteiger charge is 2.50. The standard InChI is InChI=1S/C20H26FNO4/c1-26-14-19(18(24)25)8-5-11-22(13-19)17(23)20(9-2-3-10-20)15-6-4-7-16(21)12-15/h4,6-7,12H,2-3,5,8-11,13-14H2,1H3,(H,24,25). The number of amides is 1. The highest BCUT2D eigenvalue weighted by Crippen LogP contribution is 2.44. The molecule has 0 bridgehead atoms. The largest absolute Gasteiger partial charge is 0.481 e. The lowest BCUT2D eigenvalue weighted by Gasteiger charge is -2.43. The summed E-state index contributed by atoms with van der Waals surface area (Å²) in [6.45, 7) is 0.764. The van der Waals surface area contributed by atoms with E-state index in [1.54, 1.807) is 11.0 Å². The maximum atomic E-state index is 13.8. The lowest BCUT2D eigenvalue weighted by atomic mass is 9.75. The number of benzene rings is 1. The molecule has 6 heteroatoms. The number of piperidine rings is 1. The number of aliphatic carboxylic acids is 1. The van der Waals surface area contributed by atoms with E-state index in [1.165, 1.54) is 19.2 Å². The van der Waals surface area contributed by atoms with Gasteiger partial charge in [-0.1, -0.05) is 25.0 Å². The number of carbonyl (C=O) groups is 2. The van der Waals surface area contributed by atoms with Crippen molar-refractivity contribution < 1.29 is 23.8 Å². The van der Waals surface area contributed by atoms with Gasteiger partial charge in [-0.05, 0) is 43.4 Å². The highest BCUT2D eigenvalue weighted by molar-refractivity contribution is 5.89. The van der Waals surface area contributed by atoms with E-state index in [1.807, 2.05) is 6.07 Å². The van der Waals surface area contributed by atoms with E-state index < -0.39 is 16.8 Å². The van der Waals surface area contributed by atoms with Crippen molar-refractivity contribution in [3.05, 3.63) is 35.6 Å². The smallest absolute Gasteiger partial charge is 0.313 e. The molecule has 26 heavy (non-hydrogen) atoms. The number of hydrogen-bond donors (Lipinski definition) is 1. The molecule has 142 valence electrons. The van der Waals surface area contributed by atoms with Crippen LogP contribution in [0.5, 0.6) is 0 Å². The quantitative estimate of drug-likeness (QED) is 0.873. The first-order valence-electron chi connectivity index (χ1n) is 9.21. The molecule has 1 aliphatic carbocycles. The van der Waals surface area contributed by atoms with E-state index in [4.69, 9.17) is 4.74 Å². The van der Waals surface area contributed by atoms with E-state index in [2.05, 4.69) is 0 Å². The number of rotatable bonds is 5. The van der Waals surface area contributed by atoms with Gasteiger partial charge in [-0.2, -0.15) is 0 Å². The van der Waals surface area contributed by atoms with Crippen LogP contribution in [0, 0.1) is 11.2 Å². The van der Waals surface area contributed by atoms with Crippen LogP contribution in [-0.2, 0) is 19.7 Å². The van der Waals surface area contributed by atoms with Crippen molar-refractivity contribution in [2.45, 2.75) is 43.9 Å². The van der Waals surface area contributed by atoms with Crippen LogP contribution in [-0.4, -0.2) is 48.7 Å². The van der Waals surface area contributed by atoms with Gasteiger partial charge in [0.2, 0.25) is 5.91 Å².